The minimum Gasteiger partial charge on any atom is -0.481 e. The smallest absolute Gasteiger partial charge is 0.309 e. The van der Waals surface area contributed by atoms with E-state index in [4.69, 9.17) is 5.11 Å². The number of amides is 1. The summed E-state index contributed by atoms with van der Waals surface area (Å²) in [5.74, 6) is -1.49. The first-order valence-electron chi connectivity index (χ1n) is 6.81. The van der Waals surface area contributed by atoms with Crippen molar-refractivity contribution >= 4 is 17.5 Å². The number of nitrogens with zero attached hydrogens (tertiary/aromatic N) is 2. The maximum Gasteiger partial charge on any atom is 0.309 e. The van der Waals surface area contributed by atoms with Crippen LogP contribution in [-0.2, 0) is 4.79 Å². The van der Waals surface area contributed by atoms with E-state index in [1.54, 1.807) is 32.0 Å². The lowest BCUT2D eigenvalue weighted by Crippen LogP contribution is -2.35. The van der Waals surface area contributed by atoms with Gasteiger partial charge in [0.1, 0.15) is 11.2 Å². The minimum atomic E-state index is -0.941. The summed E-state index contributed by atoms with van der Waals surface area (Å²) in [6.07, 6.45) is 3.03. The number of nitrogens with one attached hydrogen (secondary N) is 1. The molecule has 0 atom stereocenters. The van der Waals surface area contributed by atoms with Crippen molar-refractivity contribution in [2.24, 2.45) is 5.41 Å². The standard InChI is InChI=1S/C15H17N3O4/c1-15(2,14(21)22)6-7-16-12(19)10-9-17-11-5-3-4-8-18(11)13(10)20/h3-5,8-9H,6-7H2,1-2H3,(H,16,19)(H,21,22). The molecule has 7 heteroatoms. The Morgan fingerprint density at radius 1 is 1.36 bits per heavy atom. The minimum absolute atomic E-state index is 0.0724. The van der Waals surface area contributed by atoms with Gasteiger partial charge in [0.25, 0.3) is 11.5 Å². The van der Waals surface area contributed by atoms with E-state index in [0.29, 0.717) is 5.65 Å². The number of carboxylic acid groups (broad SMARTS) is 1. The lowest BCUT2D eigenvalue weighted by molar-refractivity contribution is -0.147. The van der Waals surface area contributed by atoms with E-state index in [0.717, 1.165) is 0 Å². The van der Waals surface area contributed by atoms with Crippen molar-refractivity contribution in [2.45, 2.75) is 20.3 Å². The maximum atomic E-state index is 12.2. The Morgan fingerprint density at radius 3 is 2.77 bits per heavy atom. The highest BCUT2D eigenvalue weighted by Gasteiger charge is 2.26. The Kier molecular flexibility index (Phi) is 4.25. The Labute approximate surface area is 126 Å². The molecule has 0 unspecified atom stereocenters. The molecule has 0 saturated heterocycles. The Bertz CT molecular complexity index is 780. The average Bonchev–Trinajstić information content (AvgIpc) is 2.47. The van der Waals surface area contributed by atoms with Crippen LogP contribution in [0.15, 0.2) is 35.4 Å². The maximum absolute atomic E-state index is 12.2. The topological polar surface area (TPSA) is 101 Å². The summed E-state index contributed by atoms with van der Waals surface area (Å²) in [5, 5.41) is 11.6. The molecule has 2 aromatic rings. The Balaban J connectivity index is 2.12. The molecule has 0 bridgehead atoms. The zero-order valence-electron chi connectivity index (χ0n) is 12.4. The van der Waals surface area contributed by atoms with Crippen molar-refractivity contribution in [1.29, 1.82) is 0 Å². The number of aromatic nitrogens is 2. The van der Waals surface area contributed by atoms with Crippen LogP contribution < -0.4 is 10.9 Å². The fourth-order valence-electron chi connectivity index (χ4n) is 1.87. The summed E-state index contributed by atoms with van der Waals surface area (Å²) in [7, 11) is 0. The highest BCUT2D eigenvalue weighted by molar-refractivity contribution is 5.93. The van der Waals surface area contributed by atoms with E-state index in [9.17, 15) is 14.4 Å². The molecule has 116 valence electrons. The molecule has 2 aromatic heterocycles. The second-order valence-electron chi connectivity index (χ2n) is 5.60. The molecular formula is C15H17N3O4. The summed E-state index contributed by atoms with van der Waals surface area (Å²) in [6.45, 7) is 3.32. The molecule has 2 rings (SSSR count). The number of pyridine rings is 1. The molecule has 0 fully saturated rings. The van der Waals surface area contributed by atoms with Gasteiger partial charge in [-0.25, -0.2) is 4.98 Å². The van der Waals surface area contributed by atoms with Crippen LogP contribution in [0.2, 0.25) is 0 Å². The second-order valence-corrected chi connectivity index (χ2v) is 5.60. The van der Waals surface area contributed by atoms with E-state index in [-0.39, 0.29) is 18.5 Å². The average molecular weight is 303 g/mol. The molecule has 7 nitrogen and oxygen atoms in total. The number of rotatable bonds is 5. The van der Waals surface area contributed by atoms with Crippen LogP contribution in [0.1, 0.15) is 30.6 Å². The number of aliphatic carboxylic acids is 1. The molecule has 1 amide bonds. The lowest BCUT2D eigenvalue weighted by atomic mass is 9.90. The van der Waals surface area contributed by atoms with E-state index >= 15 is 0 Å². The van der Waals surface area contributed by atoms with Crippen molar-refractivity contribution < 1.29 is 14.7 Å². The molecule has 2 N–H and O–H groups in total. The van der Waals surface area contributed by atoms with Gasteiger partial charge >= 0.3 is 5.97 Å². The summed E-state index contributed by atoms with van der Waals surface area (Å²) >= 11 is 0. The first kappa shape index (κ1) is 15.7. The third-order valence-corrected chi connectivity index (χ3v) is 3.47. The highest BCUT2D eigenvalue weighted by atomic mass is 16.4. The number of carbonyl (C=O) groups is 2. The van der Waals surface area contributed by atoms with Gasteiger partial charge in [0.15, 0.2) is 0 Å². The van der Waals surface area contributed by atoms with Gasteiger partial charge in [0, 0.05) is 18.9 Å². The van der Waals surface area contributed by atoms with Crippen molar-refractivity contribution in [1.82, 2.24) is 14.7 Å². The number of carboxylic acids is 1. The predicted octanol–water partition coefficient (Wildman–Crippen LogP) is 0.925. The van der Waals surface area contributed by atoms with Gasteiger partial charge in [0.2, 0.25) is 0 Å². The molecule has 0 aliphatic carbocycles. The second kappa shape index (κ2) is 5.97. The number of hydrogen-bond donors (Lipinski definition) is 2. The molecule has 22 heavy (non-hydrogen) atoms. The molecule has 0 radical (unpaired) electrons. The van der Waals surface area contributed by atoms with Crippen LogP contribution in [0.25, 0.3) is 5.65 Å². The first-order chi connectivity index (χ1) is 10.3. The summed E-state index contributed by atoms with van der Waals surface area (Å²) in [4.78, 5) is 39.3. The van der Waals surface area contributed by atoms with Gasteiger partial charge in [-0.2, -0.15) is 0 Å². The van der Waals surface area contributed by atoms with Gasteiger partial charge in [-0.3, -0.25) is 18.8 Å². The molecule has 0 aliphatic heterocycles. The van der Waals surface area contributed by atoms with Gasteiger partial charge < -0.3 is 10.4 Å². The molecular weight excluding hydrogens is 286 g/mol. The largest absolute Gasteiger partial charge is 0.481 e. The summed E-state index contributed by atoms with van der Waals surface area (Å²) in [6, 6.07) is 5.08. The number of fused-ring (bicyclic) bond motifs is 1. The van der Waals surface area contributed by atoms with Crippen LogP contribution in [0.5, 0.6) is 0 Å². The SMILES string of the molecule is CC(C)(CCNC(=O)c1cnc2ccccn2c1=O)C(=O)O. The van der Waals surface area contributed by atoms with E-state index < -0.39 is 22.9 Å². The van der Waals surface area contributed by atoms with Crippen LogP contribution in [0.4, 0.5) is 0 Å². The van der Waals surface area contributed by atoms with Gasteiger partial charge in [0.05, 0.1) is 5.41 Å². The highest BCUT2D eigenvalue weighted by Crippen LogP contribution is 2.19. The van der Waals surface area contributed by atoms with Crippen molar-refractivity contribution in [3.8, 4) is 0 Å². The van der Waals surface area contributed by atoms with Crippen LogP contribution in [-0.4, -0.2) is 32.9 Å². The zero-order valence-corrected chi connectivity index (χ0v) is 12.4. The van der Waals surface area contributed by atoms with Crippen molar-refractivity contribution in [3.05, 3.63) is 46.5 Å². The quantitative estimate of drug-likeness (QED) is 0.855. The van der Waals surface area contributed by atoms with Crippen LogP contribution in [0, 0.1) is 5.41 Å². The zero-order chi connectivity index (χ0) is 16.3. The molecule has 0 saturated carbocycles. The van der Waals surface area contributed by atoms with E-state index in [1.165, 1.54) is 16.8 Å². The molecule has 2 heterocycles. The number of hydrogen-bond acceptors (Lipinski definition) is 4. The summed E-state index contributed by atoms with van der Waals surface area (Å²) < 4.78 is 1.29. The predicted molar refractivity (Wildman–Crippen MR) is 79.8 cm³/mol. The normalized spacial score (nSPS) is 11.4. The first-order valence-corrected chi connectivity index (χ1v) is 6.81. The van der Waals surface area contributed by atoms with E-state index in [1.807, 2.05) is 0 Å². The van der Waals surface area contributed by atoms with E-state index in [2.05, 4.69) is 10.3 Å². The number of carbonyl (C=O) groups excluding carboxylic acids is 1. The summed E-state index contributed by atoms with van der Waals surface area (Å²) in [5.41, 5.74) is -1.02. The third-order valence-electron chi connectivity index (χ3n) is 3.47. The van der Waals surface area contributed by atoms with Crippen molar-refractivity contribution in [3.63, 3.8) is 0 Å². The van der Waals surface area contributed by atoms with Gasteiger partial charge in [-0.15, -0.1) is 0 Å². The van der Waals surface area contributed by atoms with Crippen LogP contribution in [0.3, 0.4) is 0 Å². The van der Waals surface area contributed by atoms with Gasteiger partial charge in [-0.05, 0) is 32.4 Å². The van der Waals surface area contributed by atoms with Crippen molar-refractivity contribution in [2.75, 3.05) is 6.54 Å². The fraction of sp³-hybridized carbons (Fsp3) is 0.333. The Hall–Kier alpha value is -2.70. The Morgan fingerprint density at radius 2 is 2.09 bits per heavy atom. The molecule has 0 aliphatic rings. The van der Waals surface area contributed by atoms with Crippen LogP contribution >= 0.6 is 0 Å². The molecule has 0 aromatic carbocycles. The fourth-order valence-corrected chi connectivity index (χ4v) is 1.87. The van der Waals surface area contributed by atoms with Gasteiger partial charge in [-0.1, -0.05) is 6.07 Å². The monoisotopic (exact) mass is 303 g/mol. The molecule has 0 spiro atoms. The lowest BCUT2D eigenvalue weighted by Gasteiger charge is -2.18. The third kappa shape index (κ3) is 3.13.